The molecule has 1 saturated heterocycles. The summed E-state index contributed by atoms with van der Waals surface area (Å²) in [7, 11) is 1.41. The van der Waals surface area contributed by atoms with Gasteiger partial charge in [-0.25, -0.2) is 0 Å². The second-order valence-electron chi connectivity index (χ2n) is 6.41. The van der Waals surface area contributed by atoms with Crippen LogP contribution in [0, 0.1) is 0 Å². The molecular formula is C21H26N2O3. The number of rotatable bonds is 7. The normalized spacial score (nSPS) is 16.2. The number of nitrogens with zero attached hydrogens (tertiary/aromatic N) is 1. The number of morpholine rings is 1. The molecule has 1 unspecified atom stereocenters. The molecule has 3 rings (SSSR count). The van der Waals surface area contributed by atoms with Crippen LogP contribution >= 0.6 is 0 Å². The van der Waals surface area contributed by atoms with Gasteiger partial charge in [0.05, 0.1) is 26.9 Å². The van der Waals surface area contributed by atoms with E-state index in [1.807, 2.05) is 18.2 Å². The standard InChI is InChI=1S/C21H26N2O3/c1-25-21(24)15-22-20(16-23-11-13-26-14-12-23)19-9-7-18(8-10-19)17-5-3-2-4-6-17/h2-10,20,22H,11-16H2,1H3. The molecule has 5 nitrogen and oxygen atoms in total. The molecule has 2 aromatic carbocycles. The van der Waals surface area contributed by atoms with Crippen LogP contribution < -0.4 is 5.32 Å². The van der Waals surface area contributed by atoms with Crippen LogP contribution in [-0.4, -0.2) is 57.4 Å². The van der Waals surface area contributed by atoms with Crippen molar-refractivity contribution in [2.75, 3.05) is 46.5 Å². The average Bonchev–Trinajstić information content (AvgIpc) is 2.72. The maximum Gasteiger partial charge on any atom is 0.319 e. The molecule has 1 aliphatic heterocycles. The zero-order valence-corrected chi connectivity index (χ0v) is 15.2. The van der Waals surface area contributed by atoms with Crippen molar-refractivity contribution in [2.45, 2.75) is 6.04 Å². The van der Waals surface area contributed by atoms with Crippen molar-refractivity contribution in [3.8, 4) is 11.1 Å². The van der Waals surface area contributed by atoms with Gasteiger partial charge >= 0.3 is 5.97 Å². The molecule has 1 aliphatic rings. The zero-order valence-electron chi connectivity index (χ0n) is 15.2. The van der Waals surface area contributed by atoms with E-state index in [-0.39, 0.29) is 18.6 Å². The number of methoxy groups -OCH3 is 1. The van der Waals surface area contributed by atoms with Crippen LogP contribution in [0.15, 0.2) is 54.6 Å². The lowest BCUT2D eigenvalue weighted by atomic mass is 10.00. The predicted molar refractivity (Wildman–Crippen MR) is 102 cm³/mol. The lowest BCUT2D eigenvalue weighted by Gasteiger charge is -2.31. The number of carbonyl (C=O) groups is 1. The lowest BCUT2D eigenvalue weighted by Crippen LogP contribution is -2.42. The number of esters is 1. The molecule has 0 radical (unpaired) electrons. The second-order valence-corrected chi connectivity index (χ2v) is 6.41. The van der Waals surface area contributed by atoms with Gasteiger partial charge in [-0.3, -0.25) is 15.0 Å². The number of hydrogen-bond acceptors (Lipinski definition) is 5. The molecule has 1 heterocycles. The summed E-state index contributed by atoms with van der Waals surface area (Å²) in [6.07, 6.45) is 0. The molecule has 1 N–H and O–H groups in total. The van der Waals surface area contributed by atoms with Crippen LogP contribution in [0.3, 0.4) is 0 Å². The first-order chi connectivity index (χ1) is 12.8. The molecule has 0 aliphatic carbocycles. The highest BCUT2D eigenvalue weighted by molar-refractivity contribution is 5.71. The van der Waals surface area contributed by atoms with Gasteiger partial charge in [0.15, 0.2) is 0 Å². The van der Waals surface area contributed by atoms with E-state index >= 15 is 0 Å². The summed E-state index contributed by atoms with van der Waals surface area (Å²) in [4.78, 5) is 13.9. The van der Waals surface area contributed by atoms with Gasteiger partial charge < -0.3 is 9.47 Å². The van der Waals surface area contributed by atoms with Gasteiger partial charge in [-0.1, -0.05) is 54.6 Å². The van der Waals surface area contributed by atoms with E-state index in [1.54, 1.807) is 0 Å². The molecule has 2 aromatic rings. The van der Waals surface area contributed by atoms with Crippen molar-refractivity contribution in [3.63, 3.8) is 0 Å². The molecule has 1 atom stereocenters. The van der Waals surface area contributed by atoms with E-state index in [9.17, 15) is 4.79 Å². The summed E-state index contributed by atoms with van der Waals surface area (Å²) in [5, 5.41) is 3.34. The number of carbonyl (C=O) groups excluding carboxylic acids is 1. The fraction of sp³-hybridized carbons (Fsp3) is 0.381. The second kappa shape index (κ2) is 9.48. The Hall–Kier alpha value is -2.21. The quantitative estimate of drug-likeness (QED) is 0.774. The van der Waals surface area contributed by atoms with E-state index in [4.69, 9.17) is 9.47 Å². The summed E-state index contributed by atoms with van der Waals surface area (Å²) >= 11 is 0. The number of benzene rings is 2. The van der Waals surface area contributed by atoms with E-state index in [0.717, 1.165) is 32.8 Å². The first-order valence-corrected chi connectivity index (χ1v) is 9.02. The van der Waals surface area contributed by atoms with Crippen molar-refractivity contribution in [3.05, 3.63) is 60.2 Å². The molecule has 138 valence electrons. The van der Waals surface area contributed by atoms with Crippen LogP contribution in [0.4, 0.5) is 0 Å². The number of ether oxygens (including phenoxy) is 2. The highest BCUT2D eigenvalue weighted by Crippen LogP contribution is 2.22. The minimum Gasteiger partial charge on any atom is -0.468 e. The molecule has 26 heavy (non-hydrogen) atoms. The smallest absolute Gasteiger partial charge is 0.319 e. The molecule has 5 heteroatoms. The van der Waals surface area contributed by atoms with E-state index < -0.39 is 0 Å². The predicted octanol–water partition coefficient (Wildman–Crippen LogP) is 2.49. The van der Waals surface area contributed by atoms with Crippen LogP contribution in [0.1, 0.15) is 11.6 Å². The van der Waals surface area contributed by atoms with Gasteiger partial charge in [0.25, 0.3) is 0 Å². The van der Waals surface area contributed by atoms with Crippen LogP contribution in [0.25, 0.3) is 11.1 Å². The highest BCUT2D eigenvalue weighted by atomic mass is 16.5. The third-order valence-corrected chi connectivity index (χ3v) is 4.69. The fourth-order valence-electron chi connectivity index (χ4n) is 3.15. The molecule has 1 fully saturated rings. The Morgan fingerprint density at radius 3 is 2.38 bits per heavy atom. The van der Waals surface area contributed by atoms with E-state index in [0.29, 0.717) is 0 Å². The summed E-state index contributed by atoms with van der Waals surface area (Å²) in [5.74, 6) is -0.252. The summed E-state index contributed by atoms with van der Waals surface area (Å²) in [6.45, 7) is 4.39. The average molecular weight is 354 g/mol. The number of nitrogens with one attached hydrogen (secondary N) is 1. The Balaban J connectivity index is 1.72. The largest absolute Gasteiger partial charge is 0.468 e. The van der Waals surface area contributed by atoms with Gasteiger partial charge in [-0.2, -0.15) is 0 Å². The highest BCUT2D eigenvalue weighted by Gasteiger charge is 2.19. The van der Waals surface area contributed by atoms with Crippen molar-refractivity contribution < 1.29 is 14.3 Å². The van der Waals surface area contributed by atoms with Crippen molar-refractivity contribution in [1.29, 1.82) is 0 Å². The lowest BCUT2D eigenvalue weighted by molar-refractivity contribution is -0.139. The third kappa shape index (κ3) is 5.14. The van der Waals surface area contributed by atoms with Crippen LogP contribution in [0.2, 0.25) is 0 Å². The van der Waals surface area contributed by atoms with E-state index in [2.05, 4.69) is 46.6 Å². The SMILES string of the molecule is COC(=O)CNC(CN1CCOCC1)c1ccc(-c2ccccc2)cc1. The maximum atomic E-state index is 11.6. The molecule has 0 spiro atoms. The fourth-order valence-corrected chi connectivity index (χ4v) is 3.15. The van der Waals surface area contributed by atoms with Gasteiger partial charge in [0, 0.05) is 25.7 Å². The van der Waals surface area contributed by atoms with Gasteiger partial charge in [0.1, 0.15) is 0 Å². The molecule has 0 aromatic heterocycles. The van der Waals surface area contributed by atoms with Crippen molar-refractivity contribution in [2.24, 2.45) is 0 Å². The molecule has 0 bridgehead atoms. The summed E-state index contributed by atoms with van der Waals surface area (Å²) in [5.41, 5.74) is 3.55. The Morgan fingerprint density at radius 2 is 1.73 bits per heavy atom. The van der Waals surface area contributed by atoms with Gasteiger partial charge in [-0.15, -0.1) is 0 Å². The molecule has 0 saturated carbocycles. The summed E-state index contributed by atoms with van der Waals surface area (Å²) < 4.78 is 10.2. The third-order valence-electron chi connectivity index (χ3n) is 4.69. The van der Waals surface area contributed by atoms with E-state index in [1.165, 1.54) is 23.8 Å². The minimum atomic E-state index is -0.252. The Morgan fingerprint density at radius 1 is 1.08 bits per heavy atom. The Labute approximate surface area is 154 Å². The monoisotopic (exact) mass is 354 g/mol. The summed E-state index contributed by atoms with van der Waals surface area (Å²) in [6, 6.07) is 18.9. The van der Waals surface area contributed by atoms with Gasteiger partial charge in [0.2, 0.25) is 0 Å². The zero-order chi connectivity index (χ0) is 18.2. The van der Waals surface area contributed by atoms with Gasteiger partial charge in [-0.05, 0) is 16.7 Å². The Bertz CT molecular complexity index is 682. The topological polar surface area (TPSA) is 50.8 Å². The Kier molecular flexibility index (Phi) is 6.77. The minimum absolute atomic E-state index is 0.0667. The molecule has 0 amide bonds. The first kappa shape index (κ1) is 18.6. The van der Waals surface area contributed by atoms with Crippen LogP contribution in [-0.2, 0) is 14.3 Å². The first-order valence-electron chi connectivity index (χ1n) is 9.02. The van der Waals surface area contributed by atoms with Crippen molar-refractivity contribution in [1.82, 2.24) is 10.2 Å². The maximum absolute atomic E-state index is 11.6. The van der Waals surface area contributed by atoms with Crippen LogP contribution in [0.5, 0.6) is 0 Å². The molecular weight excluding hydrogens is 328 g/mol. The van der Waals surface area contributed by atoms with Crippen molar-refractivity contribution >= 4 is 5.97 Å². The number of hydrogen-bond donors (Lipinski definition) is 1.